The van der Waals surface area contributed by atoms with Crippen molar-refractivity contribution in [3.63, 3.8) is 0 Å². The smallest absolute Gasteiger partial charge is 0.156 e. The lowest BCUT2D eigenvalue weighted by atomic mass is 9.90. The molecule has 1 aliphatic rings. The van der Waals surface area contributed by atoms with Crippen LogP contribution in [0.25, 0.3) is 0 Å². The molecule has 0 bridgehead atoms. The summed E-state index contributed by atoms with van der Waals surface area (Å²) in [5.41, 5.74) is 0. The highest BCUT2D eigenvalue weighted by Crippen LogP contribution is 2.37. The first-order chi connectivity index (χ1) is 5.29. The van der Waals surface area contributed by atoms with Crippen LogP contribution in [0.2, 0.25) is 0 Å². The van der Waals surface area contributed by atoms with Gasteiger partial charge in [-0.3, -0.25) is 4.79 Å². The molecule has 1 rings (SSSR count). The molecule has 3 nitrogen and oxygen atoms in total. The Hall–Kier alpha value is -0.380. The molecule has 0 amide bonds. The fraction of sp³-hybridized carbons (Fsp3) is 0.875. The molecule has 0 aromatic carbocycles. The zero-order valence-corrected chi connectivity index (χ0v) is 8.44. The lowest BCUT2D eigenvalue weighted by Gasteiger charge is -2.22. The fourth-order valence-corrected chi connectivity index (χ4v) is 3.58. The van der Waals surface area contributed by atoms with Gasteiger partial charge in [0.05, 0.1) is 10.5 Å². The van der Waals surface area contributed by atoms with Crippen molar-refractivity contribution >= 4 is 15.6 Å². The van der Waals surface area contributed by atoms with E-state index < -0.39 is 14.6 Å². The summed E-state index contributed by atoms with van der Waals surface area (Å²) in [7, 11) is -3.04. The van der Waals surface area contributed by atoms with Gasteiger partial charge in [0.2, 0.25) is 0 Å². The maximum absolute atomic E-state index is 11.4. The van der Waals surface area contributed by atoms with Crippen molar-refractivity contribution < 1.29 is 13.2 Å². The van der Waals surface area contributed by atoms with Gasteiger partial charge in [0.1, 0.15) is 5.78 Å². The van der Waals surface area contributed by atoms with Crippen LogP contribution in [0.5, 0.6) is 0 Å². The number of sulfone groups is 1. The van der Waals surface area contributed by atoms with Crippen LogP contribution >= 0.6 is 0 Å². The van der Waals surface area contributed by atoms with Crippen LogP contribution in [-0.2, 0) is 14.6 Å². The SMILES string of the molecule is CC(=O)C1CCS(=O)(=O)C1(C)C. The van der Waals surface area contributed by atoms with Crippen molar-refractivity contribution in [2.45, 2.75) is 31.9 Å². The molecule has 1 unspecified atom stereocenters. The molecule has 0 N–H and O–H groups in total. The minimum absolute atomic E-state index is 0.0129. The molecule has 70 valence electrons. The number of hydrogen-bond donors (Lipinski definition) is 0. The van der Waals surface area contributed by atoms with Crippen LogP contribution < -0.4 is 0 Å². The maximum atomic E-state index is 11.4. The number of Topliss-reactive ketones (excluding diaryl/α,β-unsaturated/α-hetero) is 1. The lowest BCUT2D eigenvalue weighted by molar-refractivity contribution is -0.121. The van der Waals surface area contributed by atoms with Crippen LogP contribution in [-0.4, -0.2) is 24.7 Å². The fourth-order valence-electron chi connectivity index (χ4n) is 1.79. The number of carbonyl (C=O) groups is 1. The third-order valence-corrected chi connectivity index (χ3v) is 5.47. The summed E-state index contributed by atoms with van der Waals surface area (Å²) in [4.78, 5) is 11.1. The Morgan fingerprint density at radius 1 is 1.42 bits per heavy atom. The molecule has 0 saturated carbocycles. The predicted molar refractivity (Wildman–Crippen MR) is 46.7 cm³/mol. The molecule has 12 heavy (non-hydrogen) atoms. The van der Waals surface area contributed by atoms with E-state index in [9.17, 15) is 13.2 Å². The molecule has 1 saturated heterocycles. The van der Waals surface area contributed by atoms with Gasteiger partial charge in [-0.1, -0.05) is 0 Å². The third kappa shape index (κ3) is 1.18. The van der Waals surface area contributed by atoms with Gasteiger partial charge in [-0.15, -0.1) is 0 Å². The highest BCUT2D eigenvalue weighted by molar-refractivity contribution is 7.93. The molecule has 0 aromatic heterocycles. The van der Waals surface area contributed by atoms with Gasteiger partial charge in [0.25, 0.3) is 0 Å². The standard InChI is InChI=1S/C8H14O3S/c1-6(9)7-4-5-12(10,11)8(7,2)3/h7H,4-5H2,1-3H3. The minimum atomic E-state index is -3.04. The van der Waals surface area contributed by atoms with E-state index in [-0.39, 0.29) is 17.5 Å². The Morgan fingerprint density at radius 2 is 1.92 bits per heavy atom. The topological polar surface area (TPSA) is 51.2 Å². The third-order valence-electron chi connectivity index (χ3n) is 2.81. The van der Waals surface area contributed by atoms with Gasteiger partial charge in [0, 0.05) is 5.92 Å². The zero-order valence-electron chi connectivity index (χ0n) is 7.62. The molecule has 1 atom stereocenters. The normalized spacial score (nSPS) is 31.8. The lowest BCUT2D eigenvalue weighted by Crippen LogP contribution is -2.36. The average Bonchev–Trinajstić information content (AvgIpc) is 2.03. The molecule has 0 aliphatic carbocycles. The van der Waals surface area contributed by atoms with Crippen LogP contribution in [0.15, 0.2) is 0 Å². The Labute approximate surface area is 73.1 Å². The van der Waals surface area contributed by atoms with Gasteiger partial charge >= 0.3 is 0 Å². The summed E-state index contributed by atoms with van der Waals surface area (Å²) in [6, 6.07) is 0. The van der Waals surface area contributed by atoms with E-state index in [0.29, 0.717) is 6.42 Å². The van der Waals surface area contributed by atoms with Crippen molar-refractivity contribution in [1.82, 2.24) is 0 Å². The zero-order chi connectivity index (χ0) is 9.57. The van der Waals surface area contributed by atoms with Crippen molar-refractivity contribution in [2.75, 3.05) is 5.75 Å². The summed E-state index contributed by atoms with van der Waals surface area (Å²) in [5.74, 6) is -0.159. The number of hydrogen-bond acceptors (Lipinski definition) is 3. The van der Waals surface area contributed by atoms with E-state index in [1.807, 2.05) is 0 Å². The van der Waals surface area contributed by atoms with Crippen LogP contribution in [0.4, 0.5) is 0 Å². The first kappa shape index (κ1) is 9.71. The quantitative estimate of drug-likeness (QED) is 0.614. The molecule has 1 heterocycles. The van der Waals surface area contributed by atoms with E-state index in [1.54, 1.807) is 13.8 Å². The Bertz CT molecular complexity index is 300. The van der Waals surface area contributed by atoms with E-state index >= 15 is 0 Å². The summed E-state index contributed by atoms with van der Waals surface area (Å²) in [5, 5.41) is 0. The van der Waals surface area contributed by atoms with Crippen molar-refractivity contribution in [2.24, 2.45) is 5.92 Å². The van der Waals surface area contributed by atoms with Gasteiger partial charge in [-0.2, -0.15) is 0 Å². The number of rotatable bonds is 1. The maximum Gasteiger partial charge on any atom is 0.156 e. The van der Waals surface area contributed by atoms with E-state index in [4.69, 9.17) is 0 Å². The van der Waals surface area contributed by atoms with Gasteiger partial charge < -0.3 is 0 Å². The Balaban J connectivity index is 3.10. The second-order valence-corrected chi connectivity index (χ2v) is 6.56. The first-order valence-corrected chi connectivity index (χ1v) is 5.67. The summed E-state index contributed by atoms with van der Waals surface area (Å²) in [6.45, 7) is 4.75. The molecule has 1 aliphatic heterocycles. The summed E-state index contributed by atoms with van der Waals surface area (Å²) >= 11 is 0. The van der Waals surface area contributed by atoms with Crippen LogP contribution in [0, 0.1) is 5.92 Å². The first-order valence-electron chi connectivity index (χ1n) is 4.02. The van der Waals surface area contributed by atoms with E-state index in [2.05, 4.69) is 0 Å². The predicted octanol–water partition coefficient (Wildman–Crippen LogP) is 0.789. The summed E-state index contributed by atoms with van der Waals surface area (Å²) < 4.78 is 22.0. The van der Waals surface area contributed by atoms with Gasteiger partial charge in [0.15, 0.2) is 9.84 Å². The molecule has 0 spiro atoms. The van der Waals surface area contributed by atoms with E-state index in [0.717, 1.165) is 0 Å². The second kappa shape index (κ2) is 2.55. The highest BCUT2D eigenvalue weighted by atomic mass is 32.2. The molecular formula is C8H14O3S. The molecule has 0 radical (unpaired) electrons. The number of carbonyl (C=O) groups excluding carboxylic acids is 1. The van der Waals surface area contributed by atoms with E-state index in [1.165, 1.54) is 6.92 Å². The Kier molecular flexibility index (Phi) is 2.07. The second-order valence-electron chi connectivity index (χ2n) is 3.87. The monoisotopic (exact) mass is 190 g/mol. The molecule has 1 fully saturated rings. The molecular weight excluding hydrogens is 176 g/mol. The van der Waals surface area contributed by atoms with Crippen molar-refractivity contribution in [1.29, 1.82) is 0 Å². The van der Waals surface area contributed by atoms with Gasteiger partial charge in [-0.25, -0.2) is 8.42 Å². The highest BCUT2D eigenvalue weighted by Gasteiger charge is 2.49. The average molecular weight is 190 g/mol. The van der Waals surface area contributed by atoms with Crippen molar-refractivity contribution in [3.05, 3.63) is 0 Å². The minimum Gasteiger partial charge on any atom is -0.300 e. The van der Waals surface area contributed by atoms with Crippen LogP contribution in [0.1, 0.15) is 27.2 Å². The number of ketones is 1. The van der Waals surface area contributed by atoms with Gasteiger partial charge in [-0.05, 0) is 27.2 Å². The van der Waals surface area contributed by atoms with Crippen molar-refractivity contribution in [3.8, 4) is 0 Å². The molecule has 4 heteroatoms. The van der Waals surface area contributed by atoms with Crippen LogP contribution in [0.3, 0.4) is 0 Å². The Morgan fingerprint density at radius 3 is 2.08 bits per heavy atom. The largest absolute Gasteiger partial charge is 0.300 e. The molecule has 0 aromatic rings. The summed E-state index contributed by atoms with van der Waals surface area (Å²) in [6.07, 6.45) is 0.491.